The monoisotopic (exact) mass is 209 g/mol. The summed E-state index contributed by atoms with van der Waals surface area (Å²) < 4.78 is 0. The minimum absolute atomic E-state index is 1.07. The van der Waals surface area contributed by atoms with Crippen LogP contribution >= 0.6 is 9.24 Å². The van der Waals surface area contributed by atoms with Crippen LogP contribution in [0.15, 0.2) is 18.2 Å². The van der Waals surface area contributed by atoms with E-state index in [4.69, 9.17) is 0 Å². The van der Waals surface area contributed by atoms with Crippen molar-refractivity contribution in [3.63, 3.8) is 0 Å². The quantitative estimate of drug-likeness (QED) is 0.689. The molecule has 0 fully saturated rings. The van der Waals surface area contributed by atoms with Gasteiger partial charge in [0.1, 0.15) is 0 Å². The van der Waals surface area contributed by atoms with Crippen molar-refractivity contribution in [3.05, 3.63) is 23.8 Å². The first-order valence-electron chi connectivity index (χ1n) is 5.36. The lowest BCUT2D eigenvalue weighted by atomic mass is 10.1. The molecule has 0 saturated heterocycles. The van der Waals surface area contributed by atoms with Crippen molar-refractivity contribution < 1.29 is 0 Å². The van der Waals surface area contributed by atoms with Gasteiger partial charge < -0.3 is 4.90 Å². The molecule has 1 rings (SSSR count). The SMILES string of the molecule is CCc1cccc(N(CC)CC)c1P. The number of aryl methyl sites for hydroxylation is 1. The molecule has 0 aliphatic carbocycles. The fraction of sp³-hybridized carbons (Fsp3) is 0.500. The first-order chi connectivity index (χ1) is 6.74. The van der Waals surface area contributed by atoms with Crippen LogP contribution < -0.4 is 10.2 Å². The number of benzene rings is 1. The van der Waals surface area contributed by atoms with E-state index in [2.05, 4.69) is 53.1 Å². The van der Waals surface area contributed by atoms with E-state index in [1.807, 2.05) is 0 Å². The van der Waals surface area contributed by atoms with Gasteiger partial charge in [0.25, 0.3) is 0 Å². The molecule has 0 saturated carbocycles. The zero-order chi connectivity index (χ0) is 10.6. The lowest BCUT2D eigenvalue weighted by Crippen LogP contribution is -2.26. The number of rotatable bonds is 4. The summed E-state index contributed by atoms with van der Waals surface area (Å²) in [6.07, 6.45) is 1.11. The summed E-state index contributed by atoms with van der Waals surface area (Å²) in [5.41, 5.74) is 2.79. The van der Waals surface area contributed by atoms with E-state index in [1.165, 1.54) is 16.6 Å². The number of hydrogen-bond donors (Lipinski definition) is 0. The van der Waals surface area contributed by atoms with Gasteiger partial charge in [0.2, 0.25) is 0 Å². The molecule has 1 atom stereocenters. The van der Waals surface area contributed by atoms with E-state index >= 15 is 0 Å². The Balaban J connectivity index is 3.07. The number of hydrogen-bond acceptors (Lipinski definition) is 1. The van der Waals surface area contributed by atoms with Crippen molar-refractivity contribution in [1.29, 1.82) is 0 Å². The maximum absolute atomic E-state index is 2.87. The van der Waals surface area contributed by atoms with Gasteiger partial charge >= 0.3 is 0 Å². The Morgan fingerprint density at radius 2 is 1.79 bits per heavy atom. The molecule has 1 aromatic rings. The fourth-order valence-electron chi connectivity index (χ4n) is 1.75. The molecule has 0 bridgehead atoms. The van der Waals surface area contributed by atoms with Gasteiger partial charge in [0, 0.05) is 18.8 Å². The first kappa shape index (κ1) is 11.5. The highest BCUT2D eigenvalue weighted by Crippen LogP contribution is 2.16. The molecule has 0 N–H and O–H groups in total. The average molecular weight is 209 g/mol. The Morgan fingerprint density at radius 1 is 1.14 bits per heavy atom. The molecule has 78 valence electrons. The summed E-state index contributed by atoms with van der Waals surface area (Å²) in [7, 11) is 2.87. The van der Waals surface area contributed by atoms with E-state index < -0.39 is 0 Å². The van der Waals surface area contributed by atoms with Gasteiger partial charge in [0.05, 0.1) is 0 Å². The summed E-state index contributed by atoms with van der Waals surface area (Å²) in [5, 5.41) is 1.36. The van der Waals surface area contributed by atoms with Crippen LogP contribution in [-0.2, 0) is 6.42 Å². The molecule has 0 aromatic heterocycles. The Kier molecular flexibility index (Phi) is 4.41. The van der Waals surface area contributed by atoms with Gasteiger partial charge in [-0.25, -0.2) is 0 Å². The molecule has 0 amide bonds. The predicted octanol–water partition coefficient (Wildman–Crippen LogP) is 2.60. The average Bonchev–Trinajstić information content (AvgIpc) is 2.22. The topological polar surface area (TPSA) is 3.24 Å². The highest BCUT2D eigenvalue weighted by molar-refractivity contribution is 7.28. The van der Waals surface area contributed by atoms with E-state index in [1.54, 1.807) is 0 Å². The maximum Gasteiger partial charge on any atom is 0.0441 e. The third-order valence-corrected chi connectivity index (χ3v) is 3.32. The largest absolute Gasteiger partial charge is 0.372 e. The zero-order valence-corrected chi connectivity index (χ0v) is 10.5. The summed E-state index contributed by atoms with van der Waals surface area (Å²) in [6, 6.07) is 6.56. The second-order valence-corrected chi connectivity index (χ2v) is 3.95. The van der Waals surface area contributed by atoms with Gasteiger partial charge in [-0.1, -0.05) is 19.1 Å². The summed E-state index contributed by atoms with van der Waals surface area (Å²) in [6.45, 7) is 8.75. The maximum atomic E-state index is 2.87. The minimum Gasteiger partial charge on any atom is -0.372 e. The van der Waals surface area contributed by atoms with Gasteiger partial charge in [0.15, 0.2) is 0 Å². The summed E-state index contributed by atoms with van der Waals surface area (Å²) >= 11 is 0. The molecule has 1 aromatic carbocycles. The lowest BCUT2D eigenvalue weighted by Gasteiger charge is -2.24. The van der Waals surface area contributed by atoms with Crippen LogP contribution in [0, 0.1) is 0 Å². The Morgan fingerprint density at radius 3 is 2.29 bits per heavy atom. The van der Waals surface area contributed by atoms with Crippen LogP contribution in [0.25, 0.3) is 0 Å². The highest BCUT2D eigenvalue weighted by Gasteiger charge is 2.07. The molecule has 2 heteroatoms. The summed E-state index contributed by atoms with van der Waals surface area (Å²) in [5.74, 6) is 0. The highest BCUT2D eigenvalue weighted by atomic mass is 31.0. The van der Waals surface area contributed by atoms with E-state index in [0.29, 0.717) is 0 Å². The number of anilines is 1. The lowest BCUT2D eigenvalue weighted by molar-refractivity contribution is 0.868. The Hall–Kier alpha value is -0.550. The second kappa shape index (κ2) is 5.36. The molecule has 0 spiro atoms. The molecule has 0 radical (unpaired) electrons. The van der Waals surface area contributed by atoms with Gasteiger partial charge in [-0.3, -0.25) is 0 Å². The number of nitrogens with zero attached hydrogens (tertiary/aromatic N) is 1. The van der Waals surface area contributed by atoms with E-state index in [0.717, 1.165) is 19.5 Å². The molecule has 0 aliphatic heterocycles. The van der Waals surface area contributed by atoms with Crippen molar-refractivity contribution in [2.45, 2.75) is 27.2 Å². The standard InChI is InChI=1S/C12H20NP/c1-4-10-8-7-9-11(12(10)14)13(5-2)6-3/h7-9H,4-6,14H2,1-3H3. The normalized spacial score (nSPS) is 10.3. The van der Waals surface area contributed by atoms with Gasteiger partial charge in [-0.2, -0.15) is 0 Å². The minimum atomic E-state index is 1.07. The second-order valence-electron chi connectivity index (χ2n) is 3.38. The first-order valence-corrected chi connectivity index (χ1v) is 5.94. The van der Waals surface area contributed by atoms with Crippen LogP contribution in [-0.4, -0.2) is 13.1 Å². The Labute approximate surface area is 89.7 Å². The van der Waals surface area contributed by atoms with Crippen LogP contribution in [0.4, 0.5) is 5.69 Å². The molecule has 1 nitrogen and oxygen atoms in total. The molecular weight excluding hydrogens is 189 g/mol. The zero-order valence-electron chi connectivity index (χ0n) is 9.38. The van der Waals surface area contributed by atoms with Crippen molar-refractivity contribution in [2.24, 2.45) is 0 Å². The van der Waals surface area contributed by atoms with Crippen LogP contribution in [0.3, 0.4) is 0 Å². The molecule has 0 heterocycles. The van der Waals surface area contributed by atoms with Gasteiger partial charge in [-0.15, -0.1) is 9.24 Å². The third kappa shape index (κ3) is 2.27. The van der Waals surface area contributed by atoms with Crippen LogP contribution in [0.5, 0.6) is 0 Å². The van der Waals surface area contributed by atoms with E-state index in [-0.39, 0.29) is 0 Å². The predicted molar refractivity (Wildman–Crippen MR) is 68.7 cm³/mol. The third-order valence-electron chi connectivity index (χ3n) is 2.66. The fourth-order valence-corrected chi connectivity index (χ4v) is 2.33. The summed E-state index contributed by atoms with van der Waals surface area (Å²) in [4.78, 5) is 2.39. The van der Waals surface area contributed by atoms with Crippen molar-refractivity contribution >= 4 is 20.2 Å². The van der Waals surface area contributed by atoms with Crippen molar-refractivity contribution in [3.8, 4) is 0 Å². The molecule has 14 heavy (non-hydrogen) atoms. The Bertz CT molecular complexity index is 292. The molecule has 1 unspecified atom stereocenters. The molecular formula is C12H20NP. The van der Waals surface area contributed by atoms with Gasteiger partial charge in [-0.05, 0) is 37.2 Å². The smallest absolute Gasteiger partial charge is 0.0441 e. The van der Waals surface area contributed by atoms with E-state index in [9.17, 15) is 0 Å². The van der Waals surface area contributed by atoms with Crippen molar-refractivity contribution in [1.82, 2.24) is 0 Å². The van der Waals surface area contributed by atoms with Crippen molar-refractivity contribution in [2.75, 3.05) is 18.0 Å². The van der Waals surface area contributed by atoms with Crippen LogP contribution in [0.1, 0.15) is 26.3 Å². The van der Waals surface area contributed by atoms with Crippen LogP contribution in [0.2, 0.25) is 0 Å². The molecule has 0 aliphatic rings.